The number of fused-ring (bicyclic) bond motifs is 2. The lowest BCUT2D eigenvalue weighted by Crippen LogP contribution is -2.65. The number of aliphatic hydroxyl groups is 1. The number of rotatable bonds is 7. The zero-order valence-corrected chi connectivity index (χ0v) is 24.8. The van der Waals surface area contributed by atoms with E-state index in [4.69, 9.17) is 23.4 Å². The number of hydrogen-bond donors (Lipinski definition) is 2. The molecule has 202 valence electrons. The average Bonchev–Trinajstić information content (AvgIpc) is 3.36. The Hall–Kier alpha value is -1.42. The number of nitrogen functional groups attached to an aromatic ring is 1. The van der Waals surface area contributed by atoms with Crippen molar-refractivity contribution in [1.29, 1.82) is 0 Å². The standard InChI is InChI=1S/C24H43N5O5Si2/c1-14(2)35(15(3)4)31-11-19-21(33-36(34-35,16(5)6)17(7)8)18(9-10-30)24(32-19)29-13-28-20-22(25)26-12-27-23(20)29/h12-19,21,24,30H,9-11H2,1-8H3,(H2,25,26,27). The van der Waals surface area contributed by atoms with Crippen molar-refractivity contribution in [3.05, 3.63) is 12.7 Å². The summed E-state index contributed by atoms with van der Waals surface area (Å²) in [7, 11) is -5.48. The van der Waals surface area contributed by atoms with Gasteiger partial charge < -0.3 is 28.5 Å². The van der Waals surface area contributed by atoms with E-state index in [1.165, 1.54) is 6.33 Å². The number of ether oxygens (including phenoxy) is 1. The van der Waals surface area contributed by atoms with Crippen LogP contribution in [0.3, 0.4) is 0 Å². The first-order valence-corrected chi connectivity index (χ1v) is 17.1. The molecule has 4 unspecified atom stereocenters. The molecular formula is C24H43N5O5Si2. The van der Waals surface area contributed by atoms with E-state index < -0.39 is 23.3 Å². The molecular weight excluding hydrogens is 494 g/mol. The van der Waals surface area contributed by atoms with Crippen molar-refractivity contribution in [3.63, 3.8) is 0 Å². The zero-order valence-electron chi connectivity index (χ0n) is 22.8. The molecule has 36 heavy (non-hydrogen) atoms. The first-order chi connectivity index (χ1) is 17.0. The van der Waals surface area contributed by atoms with Gasteiger partial charge in [-0.1, -0.05) is 55.4 Å². The Labute approximate surface area is 216 Å². The second-order valence-corrected chi connectivity index (χ2v) is 20.2. The lowest BCUT2D eigenvalue weighted by atomic mass is 9.96. The predicted molar refractivity (Wildman–Crippen MR) is 143 cm³/mol. The molecule has 0 spiro atoms. The number of imidazole rings is 1. The normalized spacial score (nSPS) is 28.2. The third kappa shape index (κ3) is 4.44. The van der Waals surface area contributed by atoms with Crippen LogP contribution in [0.25, 0.3) is 11.2 Å². The molecule has 0 amide bonds. The van der Waals surface area contributed by atoms with Crippen LogP contribution in [0.5, 0.6) is 0 Å². The van der Waals surface area contributed by atoms with Crippen LogP contribution in [-0.2, 0) is 17.7 Å². The van der Waals surface area contributed by atoms with Gasteiger partial charge in [-0.15, -0.1) is 0 Å². The van der Waals surface area contributed by atoms with Gasteiger partial charge in [0.2, 0.25) is 0 Å². The van der Waals surface area contributed by atoms with Gasteiger partial charge in [0.15, 0.2) is 11.5 Å². The Kier molecular flexibility index (Phi) is 7.97. The highest BCUT2D eigenvalue weighted by atomic mass is 28.5. The van der Waals surface area contributed by atoms with Gasteiger partial charge in [-0.2, -0.15) is 0 Å². The van der Waals surface area contributed by atoms with Crippen LogP contribution in [0.4, 0.5) is 5.82 Å². The van der Waals surface area contributed by atoms with Crippen LogP contribution in [0, 0.1) is 5.92 Å². The summed E-state index contributed by atoms with van der Waals surface area (Å²) < 4.78 is 30.1. The third-order valence-electron chi connectivity index (χ3n) is 7.92. The van der Waals surface area contributed by atoms with E-state index in [0.29, 0.717) is 30.0 Å². The highest BCUT2D eigenvalue weighted by Crippen LogP contribution is 2.50. The van der Waals surface area contributed by atoms with E-state index in [1.54, 1.807) is 6.33 Å². The SMILES string of the molecule is CC(C)[Si]1(C(C)C)OCC2OC(n3cnc4c(N)ncnc43)C(CCO)C2O[Si](C(C)C)(C(C)C)O1. The molecule has 2 fully saturated rings. The van der Waals surface area contributed by atoms with Crippen molar-refractivity contribution in [2.24, 2.45) is 5.92 Å². The van der Waals surface area contributed by atoms with E-state index in [9.17, 15) is 5.11 Å². The molecule has 12 heteroatoms. The molecule has 0 aromatic carbocycles. The van der Waals surface area contributed by atoms with Crippen molar-refractivity contribution in [2.75, 3.05) is 18.9 Å². The number of aromatic nitrogens is 4. The van der Waals surface area contributed by atoms with Gasteiger partial charge in [-0.05, 0) is 28.6 Å². The summed E-state index contributed by atoms with van der Waals surface area (Å²) >= 11 is 0. The van der Waals surface area contributed by atoms with Crippen molar-refractivity contribution < 1.29 is 22.8 Å². The average molecular weight is 538 g/mol. The minimum atomic E-state index is -2.81. The van der Waals surface area contributed by atoms with Crippen molar-refractivity contribution in [1.82, 2.24) is 19.5 Å². The molecule has 2 saturated heterocycles. The zero-order chi connectivity index (χ0) is 26.4. The topological polar surface area (TPSA) is 127 Å². The summed E-state index contributed by atoms with van der Waals surface area (Å²) in [6, 6.07) is 0. The second kappa shape index (κ2) is 10.4. The Balaban J connectivity index is 1.82. The van der Waals surface area contributed by atoms with Crippen LogP contribution in [0.1, 0.15) is 68.0 Å². The molecule has 0 radical (unpaired) electrons. The van der Waals surface area contributed by atoms with Crippen molar-refractivity contribution >= 4 is 34.1 Å². The monoisotopic (exact) mass is 537 g/mol. The van der Waals surface area contributed by atoms with E-state index in [0.717, 1.165) is 0 Å². The maximum atomic E-state index is 10.1. The fraction of sp³-hybridized carbons (Fsp3) is 0.792. The quantitative estimate of drug-likeness (QED) is 0.498. The van der Waals surface area contributed by atoms with Gasteiger partial charge in [-0.3, -0.25) is 4.57 Å². The Morgan fingerprint density at radius 2 is 1.64 bits per heavy atom. The molecule has 3 N–H and O–H groups in total. The van der Waals surface area contributed by atoms with Crippen LogP contribution in [0.15, 0.2) is 12.7 Å². The van der Waals surface area contributed by atoms with Crippen LogP contribution in [0.2, 0.25) is 22.2 Å². The number of hydrogen-bond acceptors (Lipinski definition) is 9. The van der Waals surface area contributed by atoms with Crippen molar-refractivity contribution in [2.45, 2.75) is 102 Å². The smallest absolute Gasteiger partial charge is 0.335 e. The fourth-order valence-corrected chi connectivity index (χ4v) is 17.3. The summed E-state index contributed by atoms with van der Waals surface area (Å²) in [5.74, 6) is 0.183. The lowest BCUT2D eigenvalue weighted by Gasteiger charge is -2.51. The fourth-order valence-electron chi connectivity index (χ4n) is 6.01. The van der Waals surface area contributed by atoms with E-state index in [2.05, 4.69) is 70.3 Å². The van der Waals surface area contributed by atoms with E-state index in [-0.39, 0.29) is 46.9 Å². The van der Waals surface area contributed by atoms with Crippen LogP contribution >= 0.6 is 0 Å². The first-order valence-electron chi connectivity index (χ1n) is 13.2. The predicted octanol–water partition coefficient (Wildman–Crippen LogP) is 4.26. The van der Waals surface area contributed by atoms with E-state index >= 15 is 0 Å². The molecule has 4 heterocycles. The van der Waals surface area contributed by atoms with Gasteiger partial charge >= 0.3 is 17.1 Å². The summed E-state index contributed by atoms with van der Waals surface area (Å²) in [5.41, 5.74) is 8.11. The third-order valence-corrected chi connectivity index (χ3v) is 18.2. The van der Waals surface area contributed by atoms with Crippen LogP contribution < -0.4 is 5.73 Å². The highest BCUT2D eigenvalue weighted by molar-refractivity contribution is 6.83. The van der Waals surface area contributed by atoms with Gasteiger partial charge in [0.1, 0.15) is 24.2 Å². The van der Waals surface area contributed by atoms with Gasteiger partial charge in [0, 0.05) is 12.5 Å². The Morgan fingerprint density at radius 3 is 2.22 bits per heavy atom. The summed E-state index contributed by atoms with van der Waals surface area (Å²) in [6.45, 7) is 18.1. The molecule has 10 nitrogen and oxygen atoms in total. The molecule has 0 aliphatic carbocycles. The van der Waals surface area contributed by atoms with Crippen LogP contribution in [-0.4, -0.2) is 67.2 Å². The molecule has 4 atom stereocenters. The number of aliphatic hydroxyl groups excluding tert-OH is 1. The lowest BCUT2D eigenvalue weighted by molar-refractivity contribution is -0.0551. The van der Waals surface area contributed by atoms with E-state index in [1.807, 2.05) is 4.57 Å². The largest absolute Gasteiger partial charge is 0.414 e. The molecule has 2 aliphatic rings. The maximum Gasteiger partial charge on any atom is 0.335 e. The molecule has 2 aromatic heterocycles. The van der Waals surface area contributed by atoms with Crippen molar-refractivity contribution in [3.8, 4) is 0 Å². The number of nitrogens with two attached hydrogens (primary N) is 1. The molecule has 2 aromatic rings. The number of nitrogens with zero attached hydrogens (tertiary/aromatic N) is 4. The van der Waals surface area contributed by atoms with Gasteiger partial charge in [0.05, 0.1) is 19.0 Å². The Bertz CT molecular complexity index is 1030. The Morgan fingerprint density at radius 1 is 1.00 bits per heavy atom. The number of anilines is 1. The first kappa shape index (κ1) is 27.6. The summed E-state index contributed by atoms with van der Waals surface area (Å²) in [6.07, 6.45) is 2.60. The molecule has 2 aliphatic heterocycles. The maximum absolute atomic E-state index is 10.1. The van der Waals surface area contributed by atoms with Gasteiger partial charge in [-0.25, -0.2) is 15.0 Å². The second-order valence-electron chi connectivity index (χ2n) is 11.4. The van der Waals surface area contributed by atoms with Gasteiger partial charge in [0.25, 0.3) is 0 Å². The molecule has 0 saturated carbocycles. The minimum absolute atomic E-state index is 0.0111. The summed E-state index contributed by atoms with van der Waals surface area (Å²) in [4.78, 5) is 13.0. The molecule has 0 bridgehead atoms. The minimum Gasteiger partial charge on any atom is -0.414 e. The molecule has 4 rings (SSSR count). The summed E-state index contributed by atoms with van der Waals surface area (Å²) in [5, 5.41) is 10.1. The highest BCUT2D eigenvalue weighted by Gasteiger charge is 2.61.